The van der Waals surface area contributed by atoms with E-state index in [0.717, 1.165) is 42.5 Å². The van der Waals surface area contributed by atoms with Crippen LogP contribution < -0.4 is 11.3 Å². The molecule has 6 heteroatoms. The number of benzene rings is 1. The topological polar surface area (TPSA) is 84.1 Å². The highest BCUT2D eigenvalue weighted by molar-refractivity contribution is 6.32. The van der Waals surface area contributed by atoms with Gasteiger partial charge in [0.25, 0.3) is 0 Å². The summed E-state index contributed by atoms with van der Waals surface area (Å²) < 4.78 is 0. The van der Waals surface area contributed by atoms with Crippen molar-refractivity contribution in [2.45, 2.75) is 25.7 Å². The fourth-order valence-corrected chi connectivity index (χ4v) is 2.67. The number of phenols is 1. The lowest BCUT2D eigenvalue weighted by Gasteiger charge is -2.18. The molecule has 2 aromatic rings. The van der Waals surface area contributed by atoms with Gasteiger partial charge in [0.05, 0.1) is 5.02 Å². The van der Waals surface area contributed by atoms with Gasteiger partial charge in [0.2, 0.25) is 0 Å². The number of hydrazine groups is 1. The summed E-state index contributed by atoms with van der Waals surface area (Å²) in [5.74, 6) is 6.86. The molecular weight excluding hydrogens is 276 g/mol. The minimum atomic E-state index is 0.0468. The van der Waals surface area contributed by atoms with Crippen molar-refractivity contribution < 1.29 is 5.11 Å². The molecule has 104 valence electrons. The van der Waals surface area contributed by atoms with Crippen LogP contribution in [0.2, 0.25) is 5.02 Å². The Morgan fingerprint density at radius 1 is 1.20 bits per heavy atom. The van der Waals surface area contributed by atoms with E-state index in [9.17, 15) is 5.11 Å². The molecule has 0 amide bonds. The number of rotatable bonds is 2. The number of nitrogen functional groups attached to an aromatic ring is 1. The van der Waals surface area contributed by atoms with Gasteiger partial charge in [0.15, 0.2) is 5.82 Å². The number of phenolic OH excluding ortho intramolecular Hbond substituents is 1. The monoisotopic (exact) mass is 290 g/mol. The summed E-state index contributed by atoms with van der Waals surface area (Å²) in [6.45, 7) is 0. The Hall–Kier alpha value is -1.85. The van der Waals surface area contributed by atoms with E-state index in [-0.39, 0.29) is 10.8 Å². The molecule has 0 radical (unpaired) electrons. The molecule has 1 aliphatic rings. The number of halogens is 1. The lowest BCUT2D eigenvalue weighted by Crippen LogP contribution is -2.17. The van der Waals surface area contributed by atoms with Gasteiger partial charge in [-0.2, -0.15) is 0 Å². The number of nitrogens with zero attached hydrogens (tertiary/aromatic N) is 2. The maximum absolute atomic E-state index is 9.48. The lowest BCUT2D eigenvalue weighted by atomic mass is 9.96. The van der Waals surface area contributed by atoms with Crippen LogP contribution in [0, 0.1) is 0 Å². The van der Waals surface area contributed by atoms with Crippen molar-refractivity contribution in [1.29, 1.82) is 0 Å². The summed E-state index contributed by atoms with van der Waals surface area (Å²) in [4.78, 5) is 9.07. The molecule has 1 aliphatic carbocycles. The third-order valence-electron chi connectivity index (χ3n) is 3.53. The summed E-state index contributed by atoms with van der Waals surface area (Å²) >= 11 is 5.93. The van der Waals surface area contributed by atoms with Gasteiger partial charge in [-0.1, -0.05) is 11.6 Å². The molecule has 3 rings (SSSR count). The fraction of sp³-hybridized carbons (Fsp3) is 0.286. The molecule has 0 saturated heterocycles. The average molecular weight is 291 g/mol. The predicted molar refractivity (Wildman–Crippen MR) is 78.6 cm³/mol. The van der Waals surface area contributed by atoms with Crippen LogP contribution >= 0.6 is 11.6 Å². The van der Waals surface area contributed by atoms with Crippen LogP contribution in [0.3, 0.4) is 0 Å². The Bertz CT molecular complexity index is 643. The van der Waals surface area contributed by atoms with Crippen LogP contribution in [0.4, 0.5) is 5.82 Å². The van der Waals surface area contributed by atoms with Crippen LogP contribution in [0.1, 0.15) is 24.1 Å². The highest BCUT2D eigenvalue weighted by atomic mass is 35.5. The van der Waals surface area contributed by atoms with Crippen molar-refractivity contribution in [3.63, 3.8) is 0 Å². The summed E-state index contributed by atoms with van der Waals surface area (Å²) in [6.07, 6.45) is 4.15. The number of aryl methyl sites for hydroxylation is 1. The van der Waals surface area contributed by atoms with Crippen molar-refractivity contribution in [1.82, 2.24) is 9.97 Å². The SMILES string of the molecule is NNc1nc(-c2ccc(O)c(Cl)c2)nc2c1CCCC2. The van der Waals surface area contributed by atoms with Gasteiger partial charge in [0.1, 0.15) is 11.6 Å². The van der Waals surface area contributed by atoms with Crippen molar-refractivity contribution in [2.24, 2.45) is 5.84 Å². The first-order chi connectivity index (χ1) is 9.69. The van der Waals surface area contributed by atoms with Gasteiger partial charge in [0, 0.05) is 16.8 Å². The molecule has 0 saturated carbocycles. The number of nitrogens with two attached hydrogens (primary N) is 1. The molecule has 0 bridgehead atoms. The Kier molecular flexibility index (Phi) is 3.46. The fourth-order valence-electron chi connectivity index (χ4n) is 2.49. The lowest BCUT2D eigenvalue weighted by molar-refractivity contribution is 0.475. The molecule has 1 heterocycles. The van der Waals surface area contributed by atoms with Gasteiger partial charge in [-0.15, -0.1) is 0 Å². The van der Waals surface area contributed by atoms with E-state index in [2.05, 4.69) is 15.4 Å². The molecule has 0 spiro atoms. The minimum absolute atomic E-state index is 0.0468. The van der Waals surface area contributed by atoms with Crippen molar-refractivity contribution in [2.75, 3.05) is 5.43 Å². The van der Waals surface area contributed by atoms with Crippen LogP contribution in [0.15, 0.2) is 18.2 Å². The van der Waals surface area contributed by atoms with E-state index in [1.165, 1.54) is 6.07 Å². The average Bonchev–Trinajstić information content (AvgIpc) is 2.49. The number of hydrogen-bond donors (Lipinski definition) is 3. The molecule has 5 nitrogen and oxygen atoms in total. The molecular formula is C14H15ClN4O. The first-order valence-electron chi connectivity index (χ1n) is 6.54. The highest BCUT2D eigenvalue weighted by Crippen LogP contribution is 2.31. The Labute approximate surface area is 121 Å². The normalized spacial score (nSPS) is 13.9. The smallest absolute Gasteiger partial charge is 0.161 e. The second-order valence-corrected chi connectivity index (χ2v) is 5.25. The zero-order chi connectivity index (χ0) is 14.1. The van der Waals surface area contributed by atoms with E-state index in [0.29, 0.717) is 11.6 Å². The van der Waals surface area contributed by atoms with Crippen molar-refractivity contribution >= 4 is 17.4 Å². The molecule has 0 atom stereocenters. The molecule has 4 N–H and O–H groups in total. The second kappa shape index (κ2) is 5.26. The number of hydrogen-bond acceptors (Lipinski definition) is 5. The predicted octanol–water partition coefficient (Wildman–Crippen LogP) is 2.67. The van der Waals surface area contributed by atoms with Gasteiger partial charge in [-0.25, -0.2) is 15.8 Å². The van der Waals surface area contributed by atoms with E-state index < -0.39 is 0 Å². The Morgan fingerprint density at radius 3 is 2.75 bits per heavy atom. The first kappa shape index (κ1) is 13.1. The van der Waals surface area contributed by atoms with Crippen LogP contribution in [-0.4, -0.2) is 15.1 Å². The maximum Gasteiger partial charge on any atom is 0.161 e. The van der Waals surface area contributed by atoms with E-state index >= 15 is 0 Å². The summed E-state index contributed by atoms with van der Waals surface area (Å²) in [7, 11) is 0. The minimum Gasteiger partial charge on any atom is -0.506 e. The van der Waals surface area contributed by atoms with Gasteiger partial charge in [-0.3, -0.25) is 0 Å². The standard InChI is InChI=1S/C14H15ClN4O/c15-10-7-8(5-6-12(10)20)13-17-11-4-2-1-3-9(11)14(18-13)19-16/h5-7,20H,1-4,16H2,(H,17,18,19). The van der Waals surface area contributed by atoms with E-state index in [1.807, 2.05) is 0 Å². The third-order valence-corrected chi connectivity index (χ3v) is 3.83. The number of anilines is 1. The second-order valence-electron chi connectivity index (χ2n) is 4.84. The van der Waals surface area contributed by atoms with Crippen molar-refractivity contribution in [3.05, 3.63) is 34.5 Å². The number of aromatic hydroxyl groups is 1. The zero-order valence-electron chi connectivity index (χ0n) is 10.9. The summed E-state index contributed by atoms with van der Waals surface area (Å²) in [6, 6.07) is 4.93. The van der Waals surface area contributed by atoms with Crippen LogP contribution in [-0.2, 0) is 12.8 Å². The maximum atomic E-state index is 9.48. The molecule has 1 aromatic carbocycles. The number of aromatic nitrogens is 2. The van der Waals surface area contributed by atoms with Crippen LogP contribution in [0.5, 0.6) is 5.75 Å². The Morgan fingerprint density at radius 2 is 2.00 bits per heavy atom. The summed E-state index contributed by atoms with van der Waals surface area (Å²) in [5.41, 5.74) is 5.56. The quantitative estimate of drug-likeness (QED) is 0.585. The number of fused-ring (bicyclic) bond motifs is 1. The molecule has 20 heavy (non-hydrogen) atoms. The highest BCUT2D eigenvalue weighted by Gasteiger charge is 2.18. The molecule has 0 fully saturated rings. The van der Waals surface area contributed by atoms with Crippen molar-refractivity contribution in [3.8, 4) is 17.1 Å². The largest absolute Gasteiger partial charge is 0.506 e. The van der Waals surface area contributed by atoms with E-state index in [4.69, 9.17) is 17.4 Å². The molecule has 1 aromatic heterocycles. The van der Waals surface area contributed by atoms with Crippen LogP contribution in [0.25, 0.3) is 11.4 Å². The van der Waals surface area contributed by atoms with Gasteiger partial charge in [-0.05, 0) is 43.9 Å². The first-order valence-corrected chi connectivity index (χ1v) is 6.92. The van der Waals surface area contributed by atoms with Gasteiger partial charge >= 0.3 is 0 Å². The third kappa shape index (κ3) is 2.30. The summed E-state index contributed by atoms with van der Waals surface area (Å²) in [5, 5.41) is 9.76. The zero-order valence-corrected chi connectivity index (χ0v) is 11.6. The molecule has 0 unspecified atom stereocenters. The van der Waals surface area contributed by atoms with E-state index in [1.54, 1.807) is 12.1 Å². The number of nitrogens with one attached hydrogen (secondary N) is 1. The van der Waals surface area contributed by atoms with Gasteiger partial charge < -0.3 is 10.5 Å². The molecule has 0 aliphatic heterocycles. The Balaban J connectivity index is 2.11.